The lowest BCUT2D eigenvalue weighted by atomic mass is 9.97. The second-order valence-corrected chi connectivity index (χ2v) is 3.40. The van der Waals surface area contributed by atoms with Crippen LogP contribution in [0.3, 0.4) is 0 Å². The number of carbonyl (C=O) groups excluding carboxylic acids is 1. The van der Waals surface area contributed by atoms with Gasteiger partial charge in [0.25, 0.3) is 0 Å². The molecule has 0 spiro atoms. The molecule has 7 nitrogen and oxygen atoms in total. The summed E-state index contributed by atoms with van der Waals surface area (Å²) < 4.78 is 5.16. The van der Waals surface area contributed by atoms with Gasteiger partial charge in [0.1, 0.15) is 24.4 Å². The van der Waals surface area contributed by atoms with Crippen molar-refractivity contribution in [1.82, 2.24) is 10.6 Å². The summed E-state index contributed by atoms with van der Waals surface area (Å²) in [5, 5.41) is 32.7. The molecule has 0 bridgehead atoms. The number of rotatable bonds is 1. The molecule has 0 unspecified atom stereocenters. The van der Waals surface area contributed by atoms with Crippen LogP contribution in [-0.4, -0.2) is 58.5 Å². The van der Waals surface area contributed by atoms with E-state index in [0.29, 0.717) is 0 Å². The zero-order chi connectivity index (χ0) is 10.3. The minimum Gasteiger partial charge on any atom is -0.394 e. The number of amides is 2. The number of aliphatic hydroxyl groups is 3. The summed E-state index contributed by atoms with van der Waals surface area (Å²) in [6, 6.07) is -1.12. The Labute approximate surface area is 79.7 Å². The molecule has 2 fully saturated rings. The Morgan fingerprint density at radius 2 is 2.00 bits per heavy atom. The third kappa shape index (κ3) is 1.34. The van der Waals surface area contributed by atoms with E-state index in [-0.39, 0.29) is 0 Å². The molecule has 2 heterocycles. The molecule has 0 saturated carbocycles. The highest BCUT2D eigenvalue weighted by atomic mass is 16.5. The number of carbonyl (C=O) groups is 1. The third-order valence-corrected chi connectivity index (χ3v) is 2.50. The summed E-state index contributed by atoms with van der Waals surface area (Å²) in [6.45, 7) is -0.405. The summed E-state index contributed by atoms with van der Waals surface area (Å²) in [5.74, 6) is 0. The summed E-state index contributed by atoms with van der Waals surface area (Å²) in [7, 11) is 0. The van der Waals surface area contributed by atoms with Gasteiger partial charge in [-0.15, -0.1) is 0 Å². The van der Waals surface area contributed by atoms with Crippen molar-refractivity contribution < 1.29 is 24.9 Å². The van der Waals surface area contributed by atoms with Gasteiger partial charge in [-0.3, -0.25) is 0 Å². The topological polar surface area (TPSA) is 111 Å². The van der Waals surface area contributed by atoms with Crippen molar-refractivity contribution in [1.29, 1.82) is 0 Å². The molecule has 0 aromatic carbocycles. The van der Waals surface area contributed by atoms with Crippen molar-refractivity contribution >= 4 is 6.03 Å². The number of hydrogen-bond acceptors (Lipinski definition) is 5. The fourth-order valence-electron chi connectivity index (χ4n) is 1.72. The van der Waals surface area contributed by atoms with Crippen LogP contribution in [0.5, 0.6) is 0 Å². The van der Waals surface area contributed by atoms with Crippen LogP contribution < -0.4 is 10.6 Å². The predicted molar refractivity (Wildman–Crippen MR) is 43.2 cm³/mol. The van der Waals surface area contributed by atoms with Gasteiger partial charge in [0.05, 0.1) is 6.61 Å². The predicted octanol–water partition coefficient (Wildman–Crippen LogP) is -2.89. The van der Waals surface area contributed by atoms with E-state index in [9.17, 15) is 15.0 Å². The standard InChI is InChI=1S/C7H12N2O5/c10-1-2-4(11)5(12)3-6(14-2)9-7(13)8-3/h2-6,10-12H,1H2,(H2,8,9,13)/t2-,3+,4-,5-,6-/m1/s1. The smallest absolute Gasteiger partial charge is 0.317 e. The Kier molecular flexibility index (Phi) is 2.31. The number of aliphatic hydroxyl groups excluding tert-OH is 3. The maximum atomic E-state index is 10.9. The Balaban J connectivity index is 2.13. The molecule has 2 amide bonds. The first-order chi connectivity index (χ1) is 6.63. The molecule has 0 aromatic rings. The van der Waals surface area contributed by atoms with E-state index in [1.54, 1.807) is 0 Å². The van der Waals surface area contributed by atoms with Crippen LogP contribution in [0.15, 0.2) is 0 Å². The van der Waals surface area contributed by atoms with E-state index in [4.69, 9.17) is 9.84 Å². The van der Waals surface area contributed by atoms with E-state index < -0.39 is 43.2 Å². The van der Waals surface area contributed by atoms with Crippen molar-refractivity contribution in [2.75, 3.05) is 6.61 Å². The highest BCUT2D eigenvalue weighted by molar-refractivity contribution is 5.77. The maximum absolute atomic E-state index is 10.9. The number of hydrogen-bond donors (Lipinski definition) is 5. The molecule has 5 atom stereocenters. The van der Waals surface area contributed by atoms with E-state index in [0.717, 1.165) is 0 Å². The minimum atomic E-state index is -1.19. The fourth-order valence-corrected chi connectivity index (χ4v) is 1.72. The van der Waals surface area contributed by atoms with Gasteiger partial charge in [0, 0.05) is 0 Å². The van der Waals surface area contributed by atoms with Gasteiger partial charge in [-0.1, -0.05) is 0 Å². The summed E-state index contributed by atoms with van der Waals surface area (Å²) in [6.07, 6.45) is -3.89. The molecular formula is C7H12N2O5. The second kappa shape index (κ2) is 3.35. The van der Waals surface area contributed by atoms with Crippen molar-refractivity contribution in [3.05, 3.63) is 0 Å². The molecule has 14 heavy (non-hydrogen) atoms. The molecule has 2 aliphatic rings. The molecule has 2 aliphatic heterocycles. The average Bonchev–Trinajstić information content (AvgIpc) is 2.52. The molecule has 80 valence electrons. The van der Waals surface area contributed by atoms with Crippen LogP contribution in [0.1, 0.15) is 0 Å². The Hall–Kier alpha value is -0.890. The Bertz CT molecular complexity index is 248. The lowest BCUT2D eigenvalue weighted by molar-refractivity contribution is -0.189. The van der Waals surface area contributed by atoms with Gasteiger partial charge in [-0.25, -0.2) is 4.79 Å². The SMILES string of the molecule is O=C1N[C@H]2[C@@H](O)[C@H](O)[C@@H](CO)O[C@H]2N1. The molecule has 0 aliphatic carbocycles. The normalized spacial score (nSPS) is 46.8. The zero-order valence-corrected chi connectivity index (χ0v) is 7.25. The lowest BCUT2D eigenvalue weighted by Crippen LogP contribution is -2.61. The van der Waals surface area contributed by atoms with Crippen molar-refractivity contribution in [2.24, 2.45) is 0 Å². The van der Waals surface area contributed by atoms with Gasteiger partial charge in [0.2, 0.25) is 0 Å². The number of nitrogens with one attached hydrogen (secondary N) is 2. The third-order valence-electron chi connectivity index (χ3n) is 2.50. The van der Waals surface area contributed by atoms with Crippen LogP contribution in [0, 0.1) is 0 Å². The summed E-state index contributed by atoms with van der Waals surface area (Å²) in [5.41, 5.74) is 0. The molecule has 2 saturated heterocycles. The number of ether oxygens (including phenoxy) is 1. The van der Waals surface area contributed by atoms with Crippen LogP contribution >= 0.6 is 0 Å². The van der Waals surface area contributed by atoms with E-state index in [1.807, 2.05) is 0 Å². The van der Waals surface area contributed by atoms with Crippen LogP contribution in [0.2, 0.25) is 0 Å². The number of urea groups is 1. The largest absolute Gasteiger partial charge is 0.394 e. The molecule has 0 aromatic heterocycles. The van der Waals surface area contributed by atoms with Crippen molar-refractivity contribution in [2.45, 2.75) is 30.6 Å². The molecule has 0 radical (unpaired) electrons. The van der Waals surface area contributed by atoms with Crippen LogP contribution in [0.4, 0.5) is 4.79 Å². The number of fused-ring (bicyclic) bond motifs is 1. The van der Waals surface area contributed by atoms with E-state index >= 15 is 0 Å². The van der Waals surface area contributed by atoms with Gasteiger partial charge < -0.3 is 30.7 Å². The second-order valence-electron chi connectivity index (χ2n) is 3.40. The molecule has 7 heteroatoms. The fraction of sp³-hybridized carbons (Fsp3) is 0.857. The Morgan fingerprint density at radius 3 is 2.64 bits per heavy atom. The zero-order valence-electron chi connectivity index (χ0n) is 7.25. The summed E-state index contributed by atoms with van der Waals surface area (Å²) in [4.78, 5) is 10.9. The van der Waals surface area contributed by atoms with Gasteiger partial charge in [0.15, 0.2) is 6.23 Å². The van der Waals surface area contributed by atoms with E-state index in [2.05, 4.69) is 10.6 Å². The minimum absolute atomic E-state index is 0.405. The molecule has 5 N–H and O–H groups in total. The first-order valence-corrected chi connectivity index (χ1v) is 4.33. The first-order valence-electron chi connectivity index (χ1n) is 4.33. The molecular weight excluding hydrogens is 192 g/mol. The highest BCUT2D eigenvalue weighted by Crippen LogP contribution is 2.21. The van der Waals surface area contributed by atoms with Crippen LogP contribution in [-0.2, 0) is 4.74 Å². The highest BCUT2D eigenvalue weighted by Gasteiger charge is 2.48. The quantitative estimate of drug-likeness (QED) is 0.315. The van der Waals surface area contributed by atoms with Gasteiger partial charge in [-0.2, -0.15) is 0 Å². The van der Waals surface area contributed by atoms with Crippen molar-refractivity contribution in [3.8, 4) is 0 Å². The monoisotopic (exact) mass is 204 g/mol. The van der Waals surface area contributed by atoms with E-state index in [1.165, 1.54) is 0 Å². The first kappa shape index (κ1) is 9.66. The molecule has 2 rings (SSSR count). The van der Waals surface area contributed by atoms with Crippen molar-refractivity contribution in [3.63, 3.8) is 0 Å². The van der Waals surface area contributed by atoms with Crippen LogP contribution in [0.25, 0.3) is 0 Å². The lowest BCUT2D eigenvalue weighted by Gasteiger charge is -2.37. The van der Waals surface area contributed by atoms with Gasteiger partial charge >= 0.3 is 6.03 Å². The maximum Gasteiger partial charge on any atom is 0.317 e. The average molecular weight is 204 g/mol. The summed E-state index contributed by atoms with van der Waals surface area (Å²) >= 11 is 0. The van der Waals surface area contributed by atoms with Gasteiger partial charge in [-0.05, 0) is 0 Å². The Morgan fingerprint density at radius 1 is 1.29 bits per heavy atom.